The van der Waals surface area contributed by atoms with E-state index in [0.29, 0.717) is 17.5 Å². The first-order valence-electron chi connectivity index (χ1n) is 10.2. The minimum atomic E-state index is -0.967. The molecular weight excluding hydrogens is 406 g/mol. The van der Waals surface area contributed by atoms with Gasteiger partial charge in [0.25, 0.3) is 0 Å². The first-order chi connectivity index (χ1) is 15.0. The normalized spacial score (nSPS) is 11.9. The van der Waals surface area contributed by atoms with E-state index < -0.39 is 12.1 Å². The van der Waals surface area contributed by atoms with Crippen molar-refractivity contribution in [3.05, 3.63) is 100 Å². The maximum absolute atomic E-state index is 13.2. The minimum absolute atomic E-state index is 0.170. The smallest absolute Gasteiger partial charge is 0.307 e. The maximum Gasteiger partial charge on any atom is 0.307 e. The summed E-state index contributed by atoms with van der Waals surface area (Å²) in [6.45, 7) is 3.94. The van der Waals surface area contributed by atoms with Gasteiger partial charge in [-0.15, -0.1) is 11.3 Å². The van der Waals surface area contributed by atoms with Gasteiger partial charge in [-0.25, -0.2) is 4.98 Å². The van der Waals surface area contributed by atoms with Gasteiger partial charge in [0.1, 0.15) is 0 Å². The number of hydrogen-bond acceptors (Lipinski definition) is 5. The Kier molecular flexibility index (Phi) is 6.23. The predicted molar refractivity (Wildman–Crippen MR) is 123 cm³/mol. The van der Waals surface area contributed by atoms with E-state index in [9.17, 15) is 9.59 Å². The molecule has 4 nitrogen and oxygen atoms in total. The molecule has 0 spiro atoms. The number of benzene rings is 3. The summed E-state index contributed by atoms with van der Waals surface area (Å²) in [5, 5.41) is 0.884. The zero-order valence-corrected chi connectivity index (χ0v) is 18.3. The molecule has 1 heterocycles. The molecule has 0 N–H and O–H groups in total. The number of carbonyl (C=O) groups excluding carboxylic acids is 2. The molecule has 0 amide bonds. The molecule has 0 saturated heterocycles. The molecule has 4 aromatic rings. The van der Waals surface area contributed by atoms with Gasteiger partial charge in [0.15, 0.2) is 6.10 Å². The van der Waals surface area contributed by atoms with Crippen molar-refractivity contribution in [2.24, 2.45) is 0 Å². The summed E-state index contributed by atoms with van der Waals surface area (Å²) in [5.74, 6) is -0.637. The van der Waals surface area contributed by atoms with Gasteiger partial charge in [-0.05, 0) is 26.0 Å². The molecule has 156 valence electrons. The van der Waals surface area contributed by atoms with Crippen LogP contribution in [0.4, 0.5) is 0 Å². The zero-order valence-electron chi connectivity index (χ0n) is 17.5. The molecule has 1 aromatic heterocycles. The molecule has 31 heavy (non-hydrogen) atoms. The molecule has 0 radical (unpaired) electrons. The van der Waals surface area contributed by atoms with E-state index in [1.54, 1.807) is 23.5 Å². The minimum Gasteiger partial charge on any atom is -0.449 e. The van der Waals surface area contributed by atoms with Gasteiger partial charge in [0.2, 0.25) is 5.78 Å². The Morgan fingerprint density at radius 1 is 0.903 bits per heavy atom. The van der Waals surface area contributed by atoms with E-state index in [2.05, 4.69) is 4.98 Å². The number of aryl methyl sites for hydroxylation is 3. The van der Waals surface area contributed by atoms with Crippen molar-refractivity contribution in [2.75, 3.05) is 0 Å². The Labute approximate surface area is 185 Å². The second-order valence-corrected chi connectivity index (χ2v) is 8.70. The summed E-state index contributed by atoms with van der Waals surface area (Å²) in [6, 6.07) is 22.7. The van der Waals surface area contributed by atoms with Gasteiger partial charge in [-0.2, -0.15) is 0 Å². The van der Waals surface area contributed by atoms with Crippen LogP contribution in [0.25, 0.3) is 10.2 Å². The monoisotopic (exact) mass is 429 g/mol. The number of ketones is 1. The first-order valence-corrected chi connectivity index (χ1v) is 11.0. The van der Waals surface area contributed by atoms with E-state index in [4.69, 9.17) is 4.74 Å². The number of carbonyl (C=O) groups is 2. The third kappa shape index (κ3) is 5.06. The summed E-state index contributed by atoms with van der Waals surface area (Å²) >= 11 is 1.57. The summed E-state index contributed by atoms with van der Waals surface area (Å²) in [5.41, 5.74) is 4.27. The number of rotatable bonds is 7. The fraction of sp³-hybridized carbons (Fsp3) is 0.192. The molecule has 4 rings (SSSR count). The molecule has 0 aliphatic rings. The maximum atomic E-state index is 13.2. The number of aromatic nitrogens is 1. The number of fused-ring (bicyclic) bond motifs is 1. The highest BCUT2D eigenvalue weighted by Gasteiger charge is 2.26. The van der Waals surface area contributed by atoms with Gasteiger partial charge in [0, 0.05) is 17.5 Å². The molecule has 0 fully saturated rings. The van der Waals surface area contributed by atoms with E-state index in [1.807, 2.05) is 74.5 Å². The molecule has 0 bridgehead atoms. The number of thiazole rings is 1. The van der Waals surface area contributed by atoms with E-state index in [-0.39, 0.29) is 12.2 Å². The molecule has 0 aliphatic heterocycles. The number of hydrogen-bond donors (Lipinski definition) is 0. The highest BCUT2D eigenvalue weighted by molar-refractivity contribution is 7.18. The van der Waals surface area contributed by atoms with Gasteiger partial charge in [0.05, 0.1) is 21.6 Å². The van der Waals surface area contributed by atoms with Crippen molar-refractivity contribution < 1.29 is 14.3 Å². The lowest BCUT2D eigenvalue weighted by molar-refractivity contribution is -0.147. The van der Waals surface area contributed by atoms with Gasteiger partial charge >= 0.3 is 5.97 Å². The largest absolute Gasteiger partial charge is 0.449 e. The average molecular weight is 430 g/mol. The van der Waals surface area contributed by atoms with Crippen molar-refractivity contribution in [3.8, 4) is 0 Å². The lowest BCUT2D eigenvalue weighted by Crippen LogP contribution is -2.20. The van der Waals surface area contributed by atoms with Crippen LogP contribution in [0.5, 0.6) is 0 Å². The molecule has 1 atom stereocenters. The second kappa shape index (κ2) is 9.23. The van der Waals surface area contributed by atoms with E-state index in [1.165, 1.54) is 0 Å². The zero-order chi connectivity index (χ0) is 21.8. The van der Waals surface area contributed by atoms with Crippen molar-refractivity contribution >= 4 is 33.3 Å². The molecule has 3 aromatic carbocycles. The summed E-state index contributed by atoms with van der Waals surface area (Å²) in [4.78, 5) is 30.4. The van der Waals surface area contributed by atoms with Crippen LogP contribution < -0.4 is 0 Å². The number of esters is 1. The lowest BCUT2D eigenvalue weighted by Gasteiger charge is -2.18. The van der Waals surface area contributed by atoms with Crippen LogP contribution in [-0.4, -0.2) is 16.7 Å². The van der Waals surface area contributed by atoms with Gasteiger partial charge in [-0.3, -0.25) is 9.59 Å². The molecule has 0 saturated carbocycles. The van der Waals surface area contributed by atoms with Crippen LogP contribution >= 0.6 is 11.3 Å². The second-order valence-electron chi connectivity index (χ2n) is 7.59. The SMILES string of the molecule is Cc1ccc(C(=O)[C@H](OC(=O)CCc2nc3ccccc3s2)c2ccc(C)cc2)cc1. The van der Waals surface area contributed by atoms with Crippen LogP contribution in [0.1, 0.15) is 44.6 Å². The predicted octanol–water partition coefficient (Wildman–Crippen LogP) is 6.01. The van der Waals surface area contributed by atoms with Crippen LogP contribution in [0.3, 0.4) is 0 Å². The van der Waals surface area contributed by atoms with Crippen molar-refractivity contribution in [3.63, 3.8) is 0 Å². The highest BCUT2D eigenvalue weighted by atomic mass is 32.1. The lowest BCUT2D eigenvalue weighted by atomic mass is 9.98. The van der Waals surface area contributed by atoms with Crippen LogP contribution in [0, 0.1) is 13.8 Å². The van der Waals surface area contributed by atoms with E-state index >= 15 is 0 Å². The van der Waals surface area contributed by atoms with Crippen LogP contribution in [0.2, 0.25) is 0 Å². The fourth-order valence-electron chi connectivity index (χ4n) is 3.31. The summed E-state index contributed by atoms with van der Waals surface area (Å²) in [7, 11) is 0. The first kappa shape index (κ1) is 20.9. The molecular formula is C26H23NO3S. The standard InChI is InChI=1S/C26H23NO3S/c1-17-7-11-19(12-8-17)25(29)26(20-13-9-18(2)10-14-20)30-24(28)16-15-23-27-21-5-3-4-6-22(21)31-23/h3-14,26H,15-16H2,1-2H3/t26-/m1/s1. The highest BCUT2D eigenvalue weighted by Crippen LogP contribution is 2.26. The van der Waals surface area contributed by atoms with E-state index in [0.717, 1.165) is 26.4 Å². The Balaban J connectivity index is 1.50. The van der Waals surface area contributed by atoms with Crippen molar-refractivity contribution in [1.29, 1.82) is 0 Å². The Bertz CT molecular complexity index is 1180. The average Bonchev–Trinajstić information content (AvgIpc) is 3.20. The Morgan fingerprint density at radius 2 is 1.55 bits per heavy atom. The Morgan fingerprint density at radius 3 is 2.23 bits per heavy atom. The van der Waals surface area contributed by atoms with Crippen molar-refractivity contribution in [1.82, 2.24) is 4.98 Å². The number of ether oxygens (including phenoxy) is 1. The number of Topliss-reactive ketones (excluding diaryl/α,β-unsaturated/α-hetero) is 1. The number of nitrogens with zero attached hydrogens (tertiary/aromatic N) is 1. The topological polar surface area (TPSA) is 56.3 Å². The summed E-state index contributed by atoms with van der Waals surface area (Å²) < 4.78 is 6.80. The molecule has 0 unspecified atom stereocenters. The van der Waals surface area contributed by atoms with Gasteiger partial charge < -0.3 is 4.74 Å². The molecule has 0 aliphatic carbocycles. The quantitative estimate of drug-likeness (QED) is 0.266. The van der Waals surface area contributed by atoms with Crippen LogP contribution in [0.15, 0.2) is 72.8 Å². The van der Waals surface area contributed by atoms with Gasteiger partial charge in [-0.1, -0.05) is 71.8 Å². The Hall–Kier alpha value is -3.31. The summed E-state index contributed by atoms with van der Waals surface area (Å²) in [6.07, 6.45) is -0.313. The van der Waals surface area contributed by atoms with Crippen LogP contribution in [-0.2, 0) is 16.0 Å². The van der Waals surface area contributed by atoms with Crippen molar-refractivity contribution in [2.45, 2.75) is 32.8 Å². The third-order valence-electron chi connectivity index (χ3n) is 5.08. The number of para-hydroxylation sites is 1. The fourth-order valence-corrected chi connectivity index (χ4v) is 4.28. The third-order valence-corrected chi connectivity index (χ3v) is 6.18. The molecule has 5 heteroatoms.